The Morgan fingerprint density at radius 3 is 2.42 bits per heavy atom. The molecule has 1 aromatic rings. The molecule has 1 fully saturated rings. The van der Waals surface area contributed by atoms with Crippen LogP contribution in [0.25, 0.3) is 0 Å². The van der Waals surface area contributed by atoms with E-state index in [0.29, 0.717) is 6.54 Å². The number of nitrogens with one attached hydrogen (secondary N) is 2. The Bertz CT molecular complexity index is 595. The summed E-state index contributed by atoms with van der Waals surface area (Å²) in [5, 5.41) is 6.10. The smallest absolute Gasteiger partial charge is 0.223 e. The number of hydrogen-bond acceptors (Lipinski definition) is 3. The number of hydrogen-bond donors (Lipinski definition) is 2. The van der Waals surface area contributed by atoms with E-state index in [1.807, 2.05) is 31.2 Å². The molecule has 2 rings (SSSR count). The van der Waals surface area contributed by atoms with Crippen molar-refractivity contribution in [3.8, 4) is 5.75 Å². The van der Waals surface area contributed by atoms with Gasteiger partial charge >= 0.3 is 0 Å². The lowest BCUT2D eigenvalue weighted by atomic mass is 9.81. The summed E-state index contributed by atoms with van der Waals surface area (Å²) in [4.78, 5) is 24.6. The van der Waals surface area contributed by atoms with Crippen LogP contribution in [-0.4, -0.2) is 31.5 Å². The summed E-state index contributed by atoms with van der Waals surface area (Å²) < 4.78 is 5.22. The summed E-state index contributed by atoms with van der Waals surface area (Å²) in [6.07, 6.45) is 4.92. The number of carbonyl (C=O) groups is 2. The number of amides is 2. The van der Waals surface area contributed by atoms with Crippen molar-refractivity contribution in [1.29, 1.82) is 0 Å². The van der Waals surface area contributed by atoms with Crippen LogP contribution in [0.2, 0.25) is 0 Å². The van der Waals surface area contributed by atoms with Crippen molar-refractivity contribution >= 4 is 11.8 Å². The third kappa shape index (κ3) is 6.04. The van der Waals surface area contributed by atoms with Gasteiger partial charge in [0.2, 0.25) is 11.8 Å². The Hall–Kier alpha value is -2.04. The van der Waals surface area contributed by atoms with Gasteiger partial charge in [-0.05, 0) is 63.1 Å². The second kappa shape index (κ2) is 10.2. The van der Waals surface area contributed by atoms with Crippen molar-refractivity contribution in [1.82, 2.24) is 10.6 Å². The van der Waals surface area contributed by atoms with Crippen LogP contribution >= 0.6 is 0 Å². The highest BCUT2D eigenvalue weighted by molar-refractivity contribution is 5.81. The highest BCUT2D eigenvalue weighted by Crippen LogP contribution is 2.29. The maximum absolute atomic E-state index is 12.4. The van der Waals surface area contributed by atoms with Gasteiger partial charge in [0.25, 0.3) is 0 Å². The molecule has 0 heterocycles. The van der Waals surface area contributed by atoms with Gasteiger partial charge in [-0.3, -0.25) is 9.59 Å². The average Bonchev–Trinajstić information content (AvgIpc) is 2.68. The predicted octanol–water partition coefficient (Wildman–Crippen LogP) is 3.08. The van der Waals surface area contributed by atoms with Crippen molar-refractivity contribution in [2.45, 2.75) is 58.4 Å². The van der Waals surface area contributed by atoms with E-state index in [1.165, 1.54) is 0 Å². The molecule has 5 nitrogen and oxygen atoms in total. The van der Waals surface area contributed by atoms with Crippen molar-refractivity contribution in [3.63, 3.8) is 0 Å². The van der Waals surface area contributed by atoms with E-state index in [1.54, 1.807) is 7.11 Å². The van der Waals surface area contributed by atoms with Gasteiger partial charge in [-0.2, -0.15) is 0 Å². The lowest BCUT2D eigenvalue weighted by Crippen LogP contribution is -2.40. The van der Waals surface area contributed by atoms with Crippen LogP contribution in [0.3, 0.4) is 0 Å². The third-order valence-corrected chi connectivity index (χ3v) is 5.32. The highest BCUT2D eigenvalue weighted by atomic mass is 16.5. The second-order valence-corrected chi connectivity index (χ2v) is 7.26. The molecule has 0 radical (unpaired) electrons. The van der Waals surface area contributed by atoms with E-state index >= 15 is 0 Å². The van der Waals surface area contributed by atoms with Crippen molar-refractivity contribution < 1.29 is 14.3 Å². The van der Waals surface area contributed by atoms with Crippen LogP contribution < -0.4 is 15.4 Å². The Morgan fingerprint density at radius 1 is 1.15 bits per heavy atom. The van der Waals surface area contributed by atoms with Crippen molar-refractivity contribution in [2.75, 3.05) is 13.7 Å². The molecule has 1 aliphatic carbocycles. The fourth-order valence-corrected chi connectivity index (χ4v) is 3.38. The number of benzene rings is 1. The summed E-state index contributed by atoms with van der Waals surface area (Å²) in [7, 11) is 1.65. The average molecular weight is 360 g/mol. The van der Waals surface area contributed by atoms with Crippen LogP contribution in [0.4, 0.5) is 0 Å². The van der Waals surface area contributed by atoms with Gasteiger partial charge in [0.05, 0.1) is 7.11 Å². The zero-order chi connectivity index (χ0) is 18.9. The molecule has 0 saturated heterocycles. The van der Waals surface area contributed by atoms with E-state index in [-0.39, 0.29) is 29.7 Å². The quantitative estimate of drug-likeness (QED) is 0.749. The summed E-state index contributed by atoms with van der Waals surface area (Å²) in [6.45, 7) is 4.72. The molecule has 0 bridgehead atoms. The zero-order valence-electron chi connectivity index (χ0n) is 16.2. The highest BCUT2D eigenvalue weighted by Gasteiger charge is 2.30. The van der Waals surface area contributed by atoms with Crippen LogP contribution in [0, 0.1) is 11.8 Å². The first-order valence-corrected chi connectivity index (χ1v) is 9.74. The van der Waals surface area contributed by atoms with Gasteiger partial charge in [-0.1, -0.05) is 19.1 Å². The Balaban J connectivity index is 1.70. The molecule has 1 aliphatic rings. The minimum absolute atomic E-state index is 0.0351. The molecular formula is C21H32N2O3. The maximum Gasteiger partial charge on any atom is 0.223 e. The van der Waals surface area contributed by atoms with E-state index in [9.17, 15) is 9.59 Å². The SMILES string of the molecule is CCC(C)NC(=O)C1CCC(C(=O)NCCc2cccc(OC)c2)CC1. The van der Waals surface area contributed by atoms with Crippen molar-refractivity contribution in [3.05, 3.63) is 29.8 Å². The first kappa shape index (κ1) is 20.3. The molecule has 26 heavy (non-hydrogen) atoms. The fraction of sp³-hybridized carbons (Fsp3) is 0.619. The lowest BCUT2D eigenvalue weighted by Gasteiger charge is -2.28. The number of carbonyl (C=O) groups excluding carboxylic acids is 2. The molecule has 1 saturated carbocycles. The Labute approximate surface area is 156 Å². The molecule has 0 spiro atoms. The molecule has 0 aromatic heterocycles. The minimum atomic E-state index is 0.0351. The molecular weight excluding hydrogens is 328 g/mol. The zero-order valence-corrected chi connectivity index (χ0v) is 16.2. The summed E-state index contributed by atoms with van der Waals surface area (Å²) >= 11 is 0. The third-order valence-electron chi connectivity index (χ3n) is 5.32. The summed E-state index contributed by atoms with van der Waals surface area (Å²) in [6, 6.07) is 8.13. The van der Waals surface area contributed by atoms with Gasteiger partial charge in [-0.15, -0.1) is 0 Å². The summed E-state index contributed by atoms with van der Waals surface area (Å²) in [5.74, 6) is 1.20. The van der Waals surface area contributed by atoms with Gasteiger partial charge in [0, 0.05) is 24.4 Å². The van der Waals surface area contributed by atoms with E-state index < -0.39 is 0 Å². The largest absolute Gasteiger partial charge is 0.497 e. The minimum Gasteiger partial charge on any atom is -0.497 e. The van der Waals surface area contributed by atoms with Crippen LogP contribution in [0.15, 0.2) is 24.3 Å². The maximum atomic E-state index is 12.4. The predicted molar refractivity (Wildman–Crippen MR) is 103 cm³/mol. The monoisotopic (exact) mass is 360 g/mol. The van der Waals surface area contributed by atoms with E-state index in [4.69, 9.17) is 4.74 Å². The van der Waals surface area contributed by atoms with Gasteiger partial charge in [-0.25, -0.2) is 0 Å². The van der Waals surface area contributed by atoms with E-state index in [2.05, 4.69) is 17.6 Å². The van der Waals surface area contributed by atoms with Crippen LogP contribution in [0.5, 0.6) is 5.75 Å². The number of methoxy groups -OCH3 is 1. The molecule has 0 aliphatic heterocycles. The second-order valence-electron chi connectivity index (χ2n) is 7.26. The Kier molecular flexibility index (Phi) is 7.95. The number of ether oxygens (including phenoxy) is 1. The Morgan fingerprint density at radius 2 is 1.81 bits per heavy atom. The fourth-order valence-electron chi connectivity index (χ4n) is 3.38. The van der Waals surface area contributed by atoms with Gasteiger partial charge < -0.3 is 15.4 Å². The molecule has 5 heteroatoms. The van der Waals surface area contributed by atoms with Gasteiger partial charge in [0.1, 0.15) is 5.75 Å². The molecule has 1 atom stereocenters. The number of rotatable bonds is 8. The van der Waals surface area contributed by atoms with Crippen molar-refractivity contribution in [2.24, 2.45) is 11.8 Å². The molecule has 2 N–H and O–H groups in total. The van der Waals surface area contributed by atoms with Crippen LogP contribution in [-0.2, 0) is 16.0 Å². The molecule has 144 valence electrons. The standard InChI is InChI=1S/C21H32N2O3/c1-4-15(2)23-21(25)18-10-8-17(9-11-18)20(24)22-13-12-16-6-5-7-19(14-16)26-3/h5-7,14-15,17-18H,4,8-13H2,1-3H3,(H,22,24)(H,23,25). The lowest BCUT2D eigenvalue weighted by molar-refractivity contribution is -0.130. The molecule has 1 unspecified atom stereocenters. The van der Waals surface area contributed by atoms with Gasteiger partial charge in [0.15, 0.2) is 0 Å². The first-order chi connectivity index (χ1) is 12.5. The summed E-state index contributed by atoms with van der Waals surface area (Å²) in [5.41, 5.74) is 1.15. The normalized spacial score (nSPS) is 20.9. The molecule has 1 aromatic carbocycles. The molecule has 2 amide bonds. The topological polar surface area (TPSA) is 67.4 Å². The first-order valence-electron chi connectivity index (χ1n) is 9.74. The van der Waals surface area contributed by atoms with E-state index in [0.717, 1.165) is 49.8 Å². The van der Waals surface area contributed by atoms with Crippen LogP contribution in [0.1, 0.15) is 51.5 Å².